The number of likely N-dealkylation sites (N-methyl/N-ethyl adjacent to an activating group) is 1. The predicted molar refractivity (Wildman–Crippen MR) is 66.3 cm³/mol. The van der Waals surface area contributed by atoms with Crippen molar-refractivity contribution in [3.8, 4) is 0 Å². The molecule has 0 spiro atoms. The van der Waals surface area contributed by atoms with Crippen LogP contribution in [0.1, 0.15) is 10.9 Å². The van der Waals surface area contributed by atoms with Gasteiger partial charge in [0, 0.05) is 25.2 Å². The Morgan fingerprint density at radius 1 is 1.59 bits per heavy atom. The highest BCUT2D eigenvalue weighted by atomic mass is 35.5. The molecule has 0 saturated heterocycles. The number of nitro groups is 1. The van der Waals surface area contributed by atoms with E-state index in [1.54, 1.807) is 12.1 Å². The van der Waals surface area contributed by atoms with Gasteiger partial charge < -0.3 is 10.0 Å². The van der Waals surface area contributed by atoms with Crippen LogP contribution in [0.25, 0.3) is 0 Å². The highest BCUT2D eigenvalue weighted by molar-refractivity contribution is 6.21. The third-order valence-electron chi connectivity index (χ3n) is 2.40. The molecule has 0 aliphatic heterocycles. The Morgan fingerprint density at radius 3 is 2.88 bits per heavy atom. The summed E-state index contributed by atoms with van der Waals surface area (Å²) in [6.45, 7) is 1.12. The zero-order valence-electron chi connectivity index (χ0n) is 9.54. The lowest BCUT2D eigenvalue weighted by Gasteiger charge is -2.18. The smallest absolute Gasteiger partial charge is 0.269 e. The first kappa shape index (κ1) is 13.9. The quantitative estimate of drug-likeness (QED) is 0.480. The van der Waals surface area contributed by atoms with Crippen LogP contribution in [0.4, 0.5) is 5.69 Å². The van der Waals surface area contributed by atoms with Crippen molar-refractivity contribution in [2.75, 3.05) is 26.7 Å². The van der Waals surface area contributed by atoms with Gasteiger partial charge in [-0.05, 0) is 12.6 Å². The van der Waals surface area contributed by atoms with Crippen LogP contribution in [0, 0.1) is 10.1 Å². The van der Waals surface area contributed by atoms with E-state index in [2.05, 4.69) is 0 Å². The molecular formula is C11H15ClN2O3. The lowest BCUT2D eigenvalue weighted by Crippen LogP contribution is -2.25. The molecule has 1 unspecified atom stereocenters. The van der Waals surface area contributed by atoms with E-state index in [0.717, 1.165) is 0 Å². The largest absolute Gasteiger partial charge is 0.395 e. The van der Waals surface area contributed by atoms with E-state index >= 15 is 0 Å². The lowest BCUT2D eigenvalue weighted by atomic mass is 10.1. The third kappa shape index (κ3) is 4.30. The van der Waals surface area contributed by atoms with E-state index in [1.807, 2.05) is 11.9 Å². The molecule has 0 aliphatic rings. The zero-order valence-corrected chi connectivity index (χ0v) is 10.3. The van der Waals surface area contributed by atoms with Crippen molar-refractivity contribution in [1.29, 1.82) is 0 Å². The molecule has 1 atom stereocenters. The minimum atomic E-state index is -0.440. The highest BCUT2D eigenvalue weighted by Gasteiger charge is 2.14. The number of nitrogens with zero attached hydrogens (tertiary/aromatic N) is 2. The average Bonchev–Trinajstić information content (AvgIpc) is 2.29. The second-order valence-corrected chi connectivity index (χ2v) is 4.33. The number of alkyl halides is 1. The summed E-state index contributed by atoms with van der Waals surface area (Å²) in [5, 5.41) is 19.1. The number of aliphatic hydroxyl groups is 1. The van der Waals surface area contributed by atoms with Gasteiger partial charge in [0.05, 0.1) is 16.9 Å². The van der Waals surface area contributed by atoms with Crippen LogP contribution in [-0.4, -0.2) is 41.7 Å². The summed E-state index contributed by atoms with van der Waals surface area (Å²) in [7, 11) is 1.84. The monoisotopic (exact) mass is 258 g/mol. The molecule has 0 bridgehead atoms. The predicted octanol–water partition coefficient (Wildman–Crippen LogP) is 1.80. The van der Waals surface area contributed by atoms with E-state index in [-0.39, 0.29) is 17.7 Å². The SMILES string of the molecule is CN(CCO)CC(Cl)c1cccc([N+](=O)[O-])c1. The molecule has 1 N–H and O–H groups in total. The van der Waals surface area contributed by atoms with Gasteiger partial charge in [-0.25, -0.2) is 0 Å². The summed E-state index contributed by atoms with van der Waals surface area (Å²) in [5.74, 6) is 0. The van der Waals surface area contributed by atoms with Crippen LogP contribution in [0.3, 0.4) is 0 Å². The molecule has 0 aromatic heterocycles. The van der Waals surface area contributed by atoms with Gasteiger partial charge >= 0.3 is 0 Å². The fraction of sp³-hybridized carbons (Fsp3) is 0.455. The molecule has 0 amide bonds. The molecule has 1 rings (SSSR count). The first-order valence-corrected chi connectivity index (χ1v) is 5.66. The molecule has 0 fully saturated rings. The average molecular weight is 259 g/mol. The van der Waals surface area contributed by atoms with Crippen LogP contribution in [0.15, 0.2) is 24.3 Å². The van der Waals surface area contributed by atoms with E-state index in [0.29, 0.717) is 18.7 Å². The van der Waals surface area contributed by atoms with Crippen LogP contribution < -0.4 is 0 Å². The summed E-state index contributed by atoms with van der Waals surface area (Å²) >= 11 is 6.17. The standard InChI is InChI=1S/C11H15ClN2O3/c1-13(5-6-15)8-11(12)9-3-2-4-10(7-9)14(16)17/h2-4,7,11,15H,5-6,8H2,1H3. The summed E-state index contributed by atoms with van der Waals surface area (Å²) in [4.78, 5) is 12.1. The topological polar surface area (TPSA) is 66.6 Å². The fourth-order valence-electron chi connectivity index (χ4n) is 1.47. The number of benzene rings is 1. The maximum atomic E-state index is 10.6. The molecule has 0 radical (unpaired) electrons. The Bertz CT molecular complexity index is 387. The zero-order chi connectivity index (χ0) is 12.8. The Kier molecular flexibility index (Phi) is 5.34. The Labute approximate surface area is 105 Å². The minimum absolute atomic E-state index is 0.0398. The second-order valence-electron chi connectivity index (χ2n) is 3.81. The molecule has 0 saturated carbocycles. The van der Waals surface area contributed by atoms with Crippen molar-refractivity contribution in [1.82, 2.24) is 4.90 Å². The number of non-ortho nitro benzene ring substituents is 1. The second kappa shape index (κ2) is 6.54. The third-order valence-corrected chi connectivity index (χ3v) is 2.79. The molecule has 1 aromatic carbocycles. The van der Waals surface area contributed by atoms with Crippen molar-refractivity contribution < 1.29 is 10.0 Å². The molecule has 17 heavy (non-hydrogen) atoms. The van der Waals surface area contributed by atoms with Gasteiger partial charge in [-0.2, -0.15) is 0 Å². The molecule has 5 nitrogen and oxygen atoms in total. The van der Waals surface area contributed by atoms with Crippen molar-refractivity contribution in [2.24, 2.45) is 0 Å². The van der Waals surface area contributed by atoms with Gasteiger partial charge in [-0.3, -0.25) is 10.1 Å². The molecule has 1 aromatic rings. The number of nitro benzene ring substituents is 1. The van der Waals surface area contributed by atoms with Crippen molar-refractivity contribution in [3.05, 3.63) is 39.9 Å². The minimum Gasteiger partial charge on any atom is -0.395 e. The van der Waals surface area contributed by atoms with E-state index in [1.165, 1.54) is 12.1 Å². The Balaban J connectivity index is 2.71. The van der Waals surface area contributed by atoms with Crippen LogP contribution in [0.2, 0.25) is 0 Å². The maximum Gasteiger partial charge on any atom is 0.269 e. The van der Waals surface area contributed by atoms with Crippen molar-refractivity contribution >= 4 is 17.3 Å². The van der Waals surface area contributed by atoms with E-state index in [9.17, 15) is 10.1 Å². The lowest BCUT2D eigenvalue weighted by molar-refractivity contribution is -0.384. The number of hydrogen-bond donors (Lipinski definition) is 1. The highest BCUT2D eigenvalue weighted by Crippen LogP contribution is 2.24. The first-order chi connectivity index (χ1) is 8.04. The van der Waals surface area contributed by atoms with Gasteiger partial charge in [0.1, 0.15) is 0 Å². The van der Waals surface area contributed by atoms with Crippen molar-refractivity contribution in [3.63, 3.8) is 0 Å². The number of hydrogen-bond acceptors (Lipinski definition) is 4. The molecule has 94 valence electrons. The van der Waals surface area contributed by atoms with Crippen molar-refractivity contribution in [2.45, 2.75) is 5.38 Å². The van der Waals surface area contributed by atoms with Gasteiger partial charge in [-0.1, -0.05) is 12.1 Å². The van der Waals surface area contributed by atoms with Crippen LogP contribution >= 0.6 is 11.6 Å². The number of rotatable bonds is 6. The van der Waals surface area contributed by atoms with Gasteiger partial charge in [0.15, 0.2) is 0 Å². The van der Waals surface area contributed by atoms with Crippen LogP contribution in [0.5, 0.6) is 0 Å². The Hall–Kier alpha value is -1.17. The summed E-state index contributed by atoms with van der Waals surface area (Å²) in [5.41, 5.74) is 0.753. The number of aliphatic hydroxyl groups excluding tert-OH is 1. The molecule has 0 heterocycles. The maximum absolute atomic E-state index is 10.6. The molecule has 0 aliphatic carbocycles. The van der Waals surface area contributed by atoms with E-state index in [4.69, 9.17) is 16.7 Å². The fourth-order valence-corrected chi connectivity index (χ4v) is 1.85. The number of halogens is 1. The normalized spacial score (nSPS) is 12.7. The first-order valence-electron chi connectivity index (χ1n) is 5.22. The molecular weight excluding hydrogens is 244 g/mol. The molecule has 6 heteroatoms. The van der Waals surface area contributed by atoms with Gasteiger partial charge in [0.25, 0.3) is 5.69 Å². The van der Waals surface area contributed by atoms with E-state index < -0.39 is 4.92 Å². The Morgan fingerprint density at radius 2 is 2.29 bits per heavy atom. The van der Waals surface area contributed by atoms with Gasteiger partial charge in [0.2, 0.25) is 0 Å². The summed E-state index contributed by atoms with van der Waals surface area (Å²) in [6, 6.07) is 6.29. The summed E-state index contributed by atoms with van der Waals surface area (Å²) < 4.78 is 0. The van der Waals surface area contributed by atoms with Gasteiger partial charge in [-0.15, -0.1) is 11.6 Å². The van der Waals surface area contributed by atoms with Crippen LogP contribution in [-0.2, 0) is 0 Å². The summed E-state index contributed by atoms with van der Waals surface area (Å²) in [6.07, 6.45) is 0.